The Kier molecular flexibility index (Phi) is 9.94. The third kappa shape index (κ3) is 6.44. The molecule has 29 heavy (non-hydrogen) atoms. The van der Waals surface area contributed by atoms with Crippen molar-refractivity contribution < 1.29 is 19.4 Å². The summed E-state index contributed by atoms with van der Waals surface area (Å²) in [6.45, 7) is 4.74. The van der Waals surface area contributed by atoms with Crippen LogP contribution in [0.5, 0.6) is 0 Å². The highest BCUT2D eigenvalue weighted by atomic mass is 16.5. The molecule has 0 radical (unpaired) electrons. The van der Waals surface area contributed by atoms with E-state index in [2.05, 4.69) is 12.2 Å². The number of carbonyl (C=O) groups excluding carboxylic acids is 2. The number of aliphatic hydroxyl groups is 1. The molecule has 0 aromatic carbocycles. The highest BCUT2D eigenvalue weighted by Crippen LogP contribution is 2.67. The number of carbonyl (C=O) groups is 2. The maximum Gasteiger partial charge on any atom is 0.312 e. The van der Waals surface area contributed by atoms with E-state index >= 15 is 0 Å². The van der Waals surface area contributed by atoms with E-state index in [0.717, 1.165) is 38.5 Å². The normalized spacial score (nSPS) is 19.4. The zero-order valence-corrected chi connectivity index (χ0v) is 18.8. The summed E-state index contributed by atoms with van der Waals surface area (Å²) < 4.78 is 5.41. The highest BCUT2D eigenvalue weighted by molar-refractivity contribution is 5.88. The molecular weight excluding hydrogens is 366 g/mol. The molecule has 0 saturated heterocycles. The van der Waals surface area contributed by atoms with Gasteiger partial charge in [0.1, 0.15) is 0 Å². The molecule has 1 atom stereocenters. The van der Waals surface area contributed by atoms with Crippen LogP contribution in [0.15, 0.2) is 0 Å². The fourth-order valence-corrected chi connectivity index (χ4v) is 5.06. The summed E-state index contributed by atoms with van der Waals surface area (Å²) in [6.07, 6.45) is 15.8. The SMILES string of the molecule is CCCCCCCCCCCC(C1(C(=O)NCCO)CC1)C1(C(=O)OCC)CC1. The number of esters is 1. The lowest BCUT2D eigenvalue weighted by atomic mass is 9.72. The lowest BCUT2D eigenvalue weighted by molar-refractivity contribution is -0.154. The summed E-state index contributed by atoms with van der Waals surface area (Å²) in [7, 11) is 0. The van der Waals surface area contributed by atoms with Crippen LogP contribution in [0.2, 0.25) is 0 Å². The molecule has 0 heterocycles. The van der Waals surface area contributed by atoms with Gasteiger partial charge in [-0.25, -0.2) is 0 Å². The van der Waals surface area contributed by atoms with Crippen LogP contribution >= 0.6 is 0 Å². The molecule has 0 aromatic rings. The third-order valence-electron chi connectivity index (χ3n) is 7.04. The van der Waals surface area contributed by atoms with Crippen LogP contribution in [0.3, 0.4) is 0 Å². The van der Waals surface area contributed by atoms with Crippen LogP contribution < -0.4 is 5.32 Å². The van der Waals surface area contributed by atoms with Gasteiger partial charge in [-0.3, -0.25) is 9.59 Å². The van der Waals surface area contributed by atoms with Crippen LogP contribution in [0, 0.1) is 16.7 Å². The summed E-state index contributed by atoms with van der Waals surface area (Å²) in [5, 5.41) is 12.0. The van der Waals surface area contributed by atoms with Gasteiger partial charge in [0.05, 0.1) is 24.0 Å². The Morgan fingerprint density at radius 1 is 0.897 bits per heavy atom. The van der Waals surface area contributed by atoms with Gasteiger partial charge in [-0.1, -0.05) is 64.7 Å². The van der Waals surface area contributed by atoms with Crippen molar-refractivity contribution in [1.82, 2.24) is 5.32 Å². The fourth-order valence-electron chi connectivity index (χ4n) is 5.06. The predicted molar refractivity (Wildman–Crippen MR) is 115 cm³/mol. The molecule has 2 aliphatic rings. The minimum atomic E-state index is -0.441. The smallest absolute Gasteiger partial charge is 0.312 e. The highest BCUT2D eigenvalue weighted by Gasteiger charge is 2.68. The van der Waals surface area contributed by atoms with Crippen molar-refractivity contribution >= 4 is 11.9 Å². The molecule has 0 bridgehead atoms. The first kappa shape index (κ1) is 24.2. The van der Waals surface area contributed by atoms with Crippen LogP contribution in [0.1, 0.15) is 104 Å². The Bertz CT molecular complexity index is 511. The lowest BCUT2D eigenvalue weighted by Crippen LogP contribution is -2.43. The van der Waals surface area contributed by atoms with Crippen molar-refractivity contribution in [3.05, 3.63) is 0 Å². The van der Waals surface area contributed by atoms with Gasteiger partial charge in [0.25, 0.3) is 0 Å². The quantitative estimate of drug-likeness (QED) is 0.268. The van der Waals surface area contributed by atoms with Crippen molar-refractivity contribution in [3.8, 4) is 0 Å². The fraction of sp³-hybridized carbons (Fsp3) is 0.917. The Hall–Kier alpha value is -1.10. The van der Waals surface area contributed by atoms with E-state index in [1.807, 2.05) is 6.92 Å². The molecule has 2 fully saturated rings. The van der Waals surface area contributed by atoms with Gasteiger partial charge in [-0.2, -0.15) is 0 Å². The van der Waals surface area contributed by atoms with Crippen molar-refractivity contribution in [3.63, 3.8) is 0 Å². The first-order chi connectivity index (χ1) is 14.1. The summed E-state index contributed by atoms with van der Waals surface area (Å²) in [4.78, 5) is 25.6. The van der Waals surface area contributed by atoms with E-state index in [0.29, 0.717) is 6.61 Å². The van der Waals surface area contributed by atoms with Crippen LogP contribution in [-0.4, -0.2) is 36.7 Å². The summed E-state index contributed by atoms with van der Waals surface area (Å²) >= 11 is 0. The second-order valence-corrected chi connectivity index (χ2v) is 9.18. The molecule has 2 rings (SSSR count). The van der Waals surface area contributed by atoms with Crippen molar-refractivity contribution in [1.29, 1.82) is 0 Å². The minimum absolute atomic E-state index is 0.0306. The standard InChI is InChI=1S/C24H43NO4/c1-3-5-6-7-8-9-10-11-12-13-20(24(16-17-24)22(28)29-4-2)23(14-15-23)21(27)25-18-19-26/h20,26H,3-19H2,1-2H3,(H,25,27). The van der Waals surface area contributed by atoms with Crippen molar-refractivity contribution in [2.75, 3.05) is 19.8 Å². The molecule has 0 spiro atoms. The Morgan fingerprint density at radius 2 is 1.45 bits per heavy atom. The minimum Gasteiger partial charge on any atom is -0.466 e. The van der Waals surface area contributed by atoms with Crippen LogP contribution in [0.25, 0.3) is 0 Å². The van der Waals surface area contributed by atoms with Gasteiger partial charge < -0.3 is 15.2 Å². The third-order valence-corrected chi connectivity index (χ3v) is 7.04. The summed E-state index contributed by atoms with van der Waals surface area (Å²) in [6, 6.07) is 0. The Balaban J connectivity index is 1.88. The van der Waals surface area contributed by atoms with E-state index in [-0.39, 0.29) is 30.9 Å². The number of aliphatic hydroxyl groups excluding tert-OH is 1. The van der Waals surface area contributed by atoms with Crippen molar-refractivity contribution in [2.45, 2.75) is 104 Å². The van der Waals surface area contributed by atoms with Gasteiger partial charge in [-0.15, -0.1) is 0 Å². The van der Waals surface area contributed by atoms with Gasteiger partial charge in [-0.05, 0) is 44.9 Å². The number of rotatable bonds is 17. The molecular formula is C24H43NO4. The van der Waals surface area contributed by atoms with E-state index in [1.165, 1.54) is 51.4 Å². The number of amides is 1. The second kappa shape index (κ2) is 11.9. The first-order valence-electron chi connectivity index (χ1n) is 12.1. The maximum atomic E-state index is 12.9. The van der Waals surface area contributed by atoms with Crippen LogP contribution in [-0.2, 0) is 14.3 Å². The molecule has 1 unspecified atom stereocenters. The zero-order valence-electron chi connectivity index (χ0n) is 18.8. The lowest BCUT2D eigenvalue weighted by Gasteiger charge is -2.32. The van der Waals surface area contributed by atoms with E-state index in [4.69, 9.17) is 9.84 Å². The maximum absolute atomic E-state index is 12.9. The van der Waals surface area contributed by atoms with E-state index < -0.39 is 10.8 Å². The first-order valence-corrected chi connectivity index (χ1v) is 12.1. The van der Waals surface area contributed by atoms with Gasteiger partial charge in [0.15, 0.2) is 0 Å². The number of nitrogens with one attached hydrogen (secondary N) is 1. The molecule has 0 aromatic heterocycles. The Labute approximate surface area is 177 Å². The zero-order chi connectivity index (χ0) is 21.2. The van der Waals surface area contributed by atoms with E-state index in [1.54, 1.807) is 0 Å². The second-order valence-electron chi connectivity index (χ2n) is 9.18. The monoisotopic (exact) mass is 409 g/mol. The molecule has 168 valence electrons. The average molecular weight is 410 g/mol. The largest absolute Gasteiger partial charge is 0.466 e. The molecule has 2 aliphatic carbocycles. The van der Waals surface area contributed by atoms with E-state index in [9.17, 15) is 9.59 Å². The topological polar surface area (TPSA) is 75.6 Å². The van der Waals surface area contributed by atoms with Gasteiger partial charge >= 0.3 is 5.97 Å². The molecule has 5 heteroatoms. The van der Waals surface area contributed by atoms with Crippen LogP contribution in [0.4, 0.5) is 0 Å². The van der Waals surface area contributed by atoms with Gasteiger partial charge in [0, 0.05) is 6.54 Å². The average Bonchev–Trinajstić information content (AvgIpc) is 3.63. The molecule has 5 nitrogen and oxygen atoms in total. The molecule has 2 N–H and O–H groups in total. The summed E-state index contributed by atoms with van der Waals surface area (Å²) in [5.74, 6) is 0.0162. The molecule has 2 saturated carbocycles. The molecule has 1 amide bonds. The summed E-state index contributed by atoms with van der Waals surface area (Å²) in [5.41, 5.74) is -0.859. The molecule has 0 aliphatic heterocycles. The number of unbranched alkanes of at least 4 members (excludes halogenated alkanes) is 8. The number of hydrogen-bond donors (Lipinski definition) is 2. The predicted octanol–water partition coefficient (Wildman–Crippen LogP) is 4.76. The Morgan fingerprint density at radius 3 is 1.93 bits per heavy atom. The number of ether oxygens (including phenoxy) is 1. The van der Waals surface area contributed by atoms with Crippen molar-refractivity contribution in [2.24, 2.45) is 16.7 Å². The number of hydrogen-bond acceptors (Lipinski definition) is 4. The van der Waals surface area contributed by atoms with Gasteiger partial charge in [0.2, 0.25) is 5.91 Å².